The highest BCUT2D eigenvalue weighted by Crippen LogP contribution is 2.40. The molecule has 4 rings (SSSR count). The van der Waals surface area contributed by atoms with Crippen molar-refractivity contribution in [1.29, 1.82) is 0 Å². The van der Waals surface area contributed by atoms with Gasteiger partial charge in [0.05, 0.1) is 5.56 Å². The zero-order valence-corrected chi connectivity index (χ0v) is 18.1. The molecular weight excluding hydrogens is 415 g/mol. The summed E-state index contributed by atoms with van der Waals surface area (Å²) in [5.41, 5.74) is 6.14. The smallest absolute Gasteiger partial charge is 0.381 e. The Morgan fingerprint density at radius 2 is 1.66 bits per heavy atom. The Balaban J connectivity index is 0.000000509. The minimum atomic E-state index is -4.43. The first kappa shape index (κ1) is 23.8. The standard InChI is InChI=1S/C22H20F3NO.C4H8O/c1-14(18-11-5-7-15-6-2-3-10-19(15)18)20(13-21(26)27)16-8-4-9-17(12-16)22(23,24)25;1-2-4-5-3-1/h2-12,14,20H,13H2,1H3,(H2,26,27);1-4H2/t14-,20?;/m0./s1. The maximum Gasteiger partial charge on any atom is 0.416 e. The van der Waals surface area contributed by atoms with E-state index in [0.717, 1.165) is 41.7 Å². The first-order valence-electron chi connectivity index (χ1n) is 10.8. The number of rotatable bonds is 5. The molecule has 0 aliphatic carbocycles. The number of carbonyl (C=O) groups excluding carboxylic acids is 1. The SMILES string of the molecule is C1CCOC1.C[C@@H](c1cccc2ccccc12)C(CC(N)=O)c1cccc(C(F)(F)F)c1. The van der Waals surface area contributed by atoms with Crippen molar-refractivity contribution in [2.24, 2.45) is 5.73 Å². The number of primary amides is 1. The number of fused-ring (bicyclic) bond motifs is 1. The highest BCUT2D eigenvalue weighted by atomic mass is 19.4. The minimum absolute atomic E-state index is 0.0221. The van der Waals surface area contributed by atoms with Gasteiger partial charge in [0.15, 0.2) is 0 Å². The van der Waals surface area contributed by atoms with Crippen LogP contribution in [0.15, 0.2) is 66.7 Å². The molecule has 3 nitrogen and oxygen atoms in total. The lowest BCUT2D eigenvalue weighted by atomic mass is 9.78. The van der Waals surface area contributed by atoms with E-state index in [2.05, 4.69) is 0 Å². The summed E-state index contributed by atoms with van der Waals surface area (Å²) in [6.07, 6.45) is -1.90. The first-order valence-corrected chi connectivity index (χ1v) is 10.8. The predicted molar refractivity (Wildman–Crippen MR) is 120 cm³/mol. The molecule has 0 radical (unpaired) electrons. The molecule has 1 saturated heterocycles. The minimum Gasteiger partial charge on any atom is -0.381 e. The van der Waals surface area contributed by atoms with Gasteiger partial charge in [-0.25, -0.2) is 0 Å². The molecule has 1 aliphatic rings. The summed E-state index contributed by atoms with van der Waals surface area (Å²) in [5.74, 6) is -1.17. The molecule has 32 heavy (non-hydrogen) atoms. The number of halogens is 3. The quantitative estimate of drug-likeness (QED) is 0.495. The lowest BCUT2D eigenvalue weighted by Crippen LogP contribution is -2.20. The molecule has 3 aromatic carbocycles. The fraction of sp³-hybridized carbons (Fsp3) is 0.346. The van der Waals surface area contributed by atoms with E-state index in [0.29, 0.717) is 5.56 Å². The van der Waals surface area contributed by atoms with Crippen molar-refractivity contribution in [3.8, 4) is 0 Å². The summed E-state index contributed by atoms with van der Waals surface area (Å²) in [5, 5.41) is 2.07. The van der Waals surface area contributed by atoms with Gasteiger partial charge in [0, 0.05) is 19.6 Å². The molecule has 0 aromatic heterocycles. The number of hydrogen-bond donors (Lipinski definition) is 1. The van der Waals surface area contributed by atoms with Crippen LogP contribution in [-0.2, 0) is 15.7 Å². The van der Waals surface area contributed by atoms with Gasteiger partial charge in [-0.05, 0) is 52.6 Å². The molecule has 6 heteroatoms. The van der Waals surface area contributed by atoms with E-state index >= 15 is 0 Å². The van der Waals surface area contributed by atoms with Crippen LogP contribution < -0.4 is 5.73 Å². The zero-order chi connectivity index (χ0) is 23.1. The second-order valence-electron chi connectivity index (χ2n) is 8.08. The molecule has 3 aromatic rings. The predicted octanol–water partition coefficient (Wildman–Crippen LogP) is 6.42. The van der Waals surface area contributed by atoms with Crippen LogP contribution >= 0.6 is 0 Å². The van der Waals surface area contributed by atoms with Crippen LogP contribution in [0, 0.1) is 0 Å². The van der Waals surface area contributed by atoms with Gasteiger partial charge in [-0.1, -0.05) is 67.6 Å². The van der Waals surface area contributed by atoms with Crippen molar-refractivity contribution in [2.75, 3.05) is 13.2 Å². The highest BCUT2D eigenvalue weighted by Gasteiger charge is 2.32. The van der Waals surface area contributed by atoms with Crippen LogP contribution in [0.25, 0.3) is 10.8 Å². The van der Waals surface area contributed by atoms with Gasteiger partial charge in [0.1, 0.15) is 0 Å². The maximum absolute atomic E-state index is 13.1. The third kappa shape index (κ3) is 6.10. The van der Waals surface area contributed by atoms with Gasteiger partial charge >= 0.3 is 6.18 Å². The van der Waals surface area contributed by atoms with E-state index in [1.54, 1.807) is 6.07 Å². The van der Waals surface area contributed by atoms with Crippen molar-refractivity contribution >= 4 is 16.7 Å². The highest BCUT2D eigenvalue weighted by molar-refractivity contribution is 5.86. The Morgan fingerprint density at radius 3 is 2.28 bits per heavy atom. The van der Waals surface area contributed by atoms with E-state index < -0.39 is 23.6 Å². The number of carbonyl (C=O) groups is 1. The van der Waals surface area contributed by atoms with Gasteiger partial charge < -0.3 is 10.5 Å². The van der Waals surface area contributed by atoms with Crippen LogP contribution in [0.4, 0.5) is 13.2 Å². The van der Waals surface area contributed by atoms with Gasteiger partial charge in [-0.3, -0.25) is 4.79 Å². The topological polar surface area (TPSA) is 52.3 Å². The number of amides is 1. The Labute approximate surface area is 186 Å². The number of alkyl halides is 3. The molecule has 2 N–H and O–H groups in total. The number of hydrogen-bond acceptors (Lipinski definition) is 2. The van der Waals surface area contributed by atoms with Crippen LogP contribution in [0.3, 0.4) is 0 Å². The average Bonchev–Trinajstić information content (AvgIpc) is 3.36. The van der Waals surface area contributed by atoms with Crippen LogP contribution in [0.2, 0.25) is 0 Å². The van der Waals surface area contributed by atoms with Crippen molar-refractivity contribution < 1.29 is 22.7 Å². The second-order valence-corrected chi connectivity index (χ2v) is 8.08. The van der Waals surface area contributed by atoms with E-state index in [9.17, 15) is 18.0 Å². The first-order chi connectivity index (χ1) is 15.3. The molecule has 170 valence electrons. The monoisotopic (exact) mass is 443 g/mol. The molecule has 1 heterocycles. The molecule has 1 amide bonds. The van der Waals surface area contributed by atoms with Gasteiger partial charge in [0.25, 0.3) is 0 Å². The van der Waals surface area contributed by atoms with E-state index in [1.165, 1.54) is 18.9 Å². The molecule has 1 aliphatic heterocycles. The van der Waals surface area contributed by atoms with Crippen molar-refractivity contribution in [1.82, 2.24) is 0 Å². The summed E-state index contributed by atoms with van der Waals surface area (Å²) in [6.45, 7) is 3.93. The van der Waals surface area contributed by atoms with Crippen molar-refractivity contribution in [3.63, 3.8) is 0 Å². The second kappa shape index (κ2) is 10.6. The summed E-state index contributed by atoms with van der Waals surface area (Å²) >= 11 is 0. The van der Waals surface area contributed by atoms with E-state index in [4.69, 9.17) is 10.5 Å². The molecule has 0 saturated carbocycles. The van der Waals surface area contributed by atoms with Gasteiger partial charge in [-0.15, -0.1) is 0 Å². The fourth-order valence-corrected chi connectivity index (χ4v) is 4.12. The summed E-state index contributed by atoms with van der Waals surface area (Å²) in [7, 11) is 0. The number of ether oxygens (including phenoxy) is 1. The van der Waals surface area contributed by atoms with Crippen molar-refractivity contribution in [3.05, 3.63) is 83.4 Å². The third-order valence-electron chi connectivity index (χ3n) is 5.81. The molecule has 1 fully saturated rings. The summed E-state index contributed by atoms with van der Waals surface area (Å²) in [6, 6.07) is 18.8. The van der Waals surface area contributed by atoms with Crippen molar-refractivity contribution in [2.45, 2.75) is 44.2 Å². The fourth-order valence-electron chi connectivity index (χ4n) is 4.12. The van der Waals surface area contributed by atoms with E-state index in [1.807, 2.05) is 49.4 Å². The van der Waals surface area contributed by atoms with E-state index in [-0.39, 0.29) is 12.3 Å². The molecule has 1 unspecified atom stereocenters. The van der Waals surface area contributed by atoms with Gasteiger partial charge in [0.2, 0.25) is 5.91 Å². The van der Waals surface area contributed by atoms with Crippen LogP contribution in [0.1, 0.15) is 54.7 Å². The lowest BCUT2D eigenvalue weighted by Gasteiger charge is -2.26. The zero-order valence-electron chi connectivity index (χ0n) is 18.1. The summed E-state index contributed by atoms with van der Waals surface area (Å²) < 4.78 is 44.3. The third-order valence-corrected chi connectivity index (χ3v) is 5.81. The molecule has 0 spiro atoms. The van der Waals surface area contributed by atoms with Crippen LogP contribution in [0.5, 0.6) is 0 Å². The Morgan fingerprint density at radius 1 is 1.00 bits per heavy atom. The summed E-state index contributed by atoms with van der Waals surface area (Å²) in [4.78, 5) is 11.7. The Bertz CT molecular complexity index is 1030. The molecular formula is C26H28F3NO2. The Hall–Kier alpha value is -2.86. The Kier molecular flexibility index (Phi) is 7.91. The maximum atomic E-state index is 13.1. The largest absolute Gasteiger partial charge is 0.416 e. The van der Waals surface area contributed by atoms with Gasteiger partial charge in [-0.2, -0.15) is 13.2 Å². The lowest BCUT2D eigenvalue weighted by molar-refractivity contribution is -0.137. The molecule has 0 bridgehead atoms. The number of benzene rings is 3. The average molecular weight is 444 g/mol. The molecule has 2 atom stereocenters. The van der Waals surface area contributed by atoms with Crippen LogP contribution in [-0.4, -0.2) is 19.1 Å². The normalized spacial score (nSPS) is 15.6. The number of nitrogens with two attached hydrogens (primary N) is 1.